The molecule has 0 bridgehead atoms. The highest BCUT2D eigenvalue weighted by molar-refractivity contribution is 9.11. The first-order chi connectivity index (χ1) is 10.1. The summed E-state index contributed by atoms with van der Waals surface area (Å²) in [6, 6.07) is 7.82. The van der Waals surface area contributed by atoms with Gasteiger partial charge in [-0.25, -0.2) is 0 Å². The summed E-state index contributed by atoms with van der Waals surface area (Å²) in [5, 5.41) is 0. The van der Waals surface area contributed by atoms with Crippen LogP contribution in [0, 0.1) is 6.92 Å². The van der Waals surface area contributed by atoms with Gasteiger partial charge in [-0.15, -0.1) is 11.3 Å². The molecule has 3 rings (SSSR count). The standard InChI is InChI=1S/C15H17BrN2O2S/c1-11-2-4-13(20-11)15(19)18-8-6-17(7-9-18)10-12-3-5-14(16)21-12/h2-5H,6-10H2,1H3. The van der Waals surface area contributed by atoms with Crippen LogP contribution in [0.3, 0.4) is 0 Å². The van der Waals surface area contributed by atoms with E-state index in [1.807, 2.05) is 17.9 Å². The van der Waals surface area contributed by atoms with Crippen molar-refractivity contribution >= 4 is 33.2 Å². The lowest BCUT2D eigenvalue weighted by molar-refractivity contribution is 0.0597. The van der Waals surface area contributed by atoms with Gasteiger partial charge in [0, 0.05) is 37.6 Å². The van der Waals surface area contributed by atoms with E-state index in [0.29, 0.717) is 5.76 Å². The topological polar surface area (TPSA) is 36.7 Å². The molecule has 0 radical (unpaired) electrons. The predicted molar refractivity (Wildman–Crippen MR) is 86.6 cm³/mol. The minimum Gasteiger partial charge on any atom is -0.456 e. The van der Waals surface area contributed by atoms with Crippen molar-refractivity contribution in [1.82, 2.24) is 9.80 Å². The number of thiophene rings is 1. The first-order valence-corrected chi connectivity index (χ1v) is 8.55. The van der Waals surface area contributed by atoms with Gasteiger partial charge in [0.1, 0.15) is 5.76 Å². The van der Waals surface area contributed by atoms with Crippen molar-refractivity contribution in [2.75, 3.05) is 26.2 Å². The highest BCUT2D eigenvalue weighted by atomic mass is 79.9. The molecule has 1 fully saturated rings. The minimum atomic E-state index is 0.00150. The van der Waals surface area contributed by atoms with E-state index in [9.17, 15) is 4.79 Å². The molecule has 0 N–H and O–H groups in total. The van der Waals surface area contributed by atoms with E-state index in [1.165, 1.54) is 8.66 Å². The number of carbonyl (C=O) groups excluding carboxylic acids is 1. The maximum absolute atomic E-state index is 12.3. The zero-order valence-electron chi connectivity index (χ0n) is 11.8. The Balaban J connectivity index is 1.54. The fraction of sp³-hybridized carbons (Fsp3) is 0.400. The molecule has 2 aromatic rings. The van der Waals surface area contributed by atoms with Crippen LogP contribution < -0.4 is 0 Å². The number of halogens is 1. The molecule has 0 saturated carbocycles. The summed E-state index contributed by atoms with van der Waals surface area (Å²) in [7, 11) is 0. The molecule has 0 aliphatic carbocycles. The number of piperazine rings is 1. The maximum Gasteiger partial charge on any atom is 0.289 e. The third kappa shape index (κ3) is 3.56. The smallest absolute Gasteiger partial charge is 0.289 e. The lowest BCUT2D eigenvalue weighted by Gasteiger charge is -2.34. The monoisotopic (exact) mass is 368 g/mol. The van der Waals surface area contributed by atoms with Gasteiger partial charge in [-0.3, -0.25) is 9.69 Å². The normalized spacial score (nSPS) is 16.4. The summed E-state index contributed by atoms with van der Waals surface area (Å²) in [6.45, 7) is 6.13. The van der Waals surface area contributed by atoms with Gasteiger partial charge in [-0.2, -0.15) is 0 Å². The summed E-state index contributed by atoms with van der Waals surface area (Å²) >= 11 is 5.26. The van der Waals surface area contributed by atoms with Crippen molar-refractivity contribution in [2.24, 2.45) is 0 Å². The molecule has 4 nitrogen and oxygen atoms in total. The highest BCUT2D eigenvalue weighted by Crippen LogP contribution is 2.23. The average molecular weight is 369 g/mol. The summed E-state index contributed by atoms with van der Waals surface area (Å²) in [6.07, 6.45) is 0. The molecule has 2 aromatic heterocycles. The Morgan fingerprint density at radius 3 is 2.57 bits per heavy atom. The number of aryl methyl sites for hydroxylation is 1. The van der Waals surface area contributed by atoms with E-state index in [4.69, 9.17) is 4.42 Å². The van der Waals surface area contributed by atoms with Gasteiger partial charge in [0.15, 0.2) is 5.76 Å². The van der Waals surface area contributed by atoms with Crippen LogP contribution in [-0.4, -0.2) is 41.9 Å². The molecule has 3 heterocycles. The van der Waals surface area contributed by atoms with Gasteiger partial charge in [0.25, 0.3) is 5.91 Å². The summed E-state index contributed by atoms with van der Waals surface area (Å²) in [4.78, 5) is 17.9. The van der Waals surface area contributed by atoms with E-state index in [-0.39, 0.29) is 5.91 Å². The van der Waals surface area contributed by atoms with Crippen molar-refractivity contribution in [3.05, 3.63) is 44.4 Å². The molecule has 0 atom stereocenters. The van der Waals surface area contributed by atoms with E-state index < -0.39 is 0 Å². The second-order valence-corrected chi connectivity index (χ2v) is 7.73. The second-order valence-electron chi connectivity index (χ2n) is 5.18. The van der Waals surface area contributed by atoms with Gasteiger partial charge in [0.2, 0.25) is 0 Å². The highest BCUT2D eigenvalue weighted by Gasteiger charge is 2.24. The Morgan fingerprint density at radius 1 is 1.24 bits per heavy atom. The maximum atomic E-state index is 12.3. The van der Waals surface area contributed by atoms with Gasteiger partial charge in [0.05, 0.1) is 3.79 Å². The molecule has 0 unspecified atom stereocenters. The lowest BCUT2D eigenvalue weighted by Crippen LogP contribution is -2.48. The minimum absolute atomic E-state index is 0.00150. The summed E-state index contributed by atoms with van der Waals surface area (Å²) in [5.41, 5.74) is 0. The molecule has 6 heteroatoms. The van der Waals surface area contributed by atoms with Crippen molar-refractivity contribution in [1.29, 1.82) is 0 Å². The third-order valence-corrected chi connectivity index (χ3v) is 5.23. The van der Waals surface area contributed by atoms with Gasteiger partial charge in [-0.05, 0) is 47.1 Å². The Morgan fingerprint density at radius 2 is 2.00 bits per heavy atom. The fourth-order valence-electron chi connectivity index (χ4n) is 2.47. The third-order valence-electron chi connectivity index (χ3n) is 3.62. The number of carbonyl (C=O) groups is 1. The van der Waals surface area contributed by atoms with Crippen LogP contribution in [0.1, 0.15) is 21.2 Å². The zero-order valence-corrected chi connectivity index (χ0v) is 14.2. The molecule has 21 heavy (non-hydrogen) atoms. The molecular formula is C15H17BrN2O2S. The zero-order chi connectivity index (χ0) is 14.8. The predicted octanol–water partition coefficient (Wildman–Crippen LogP) is 3.37. The van der Waals surface area contributed by atoms with Crippen molar-refractivity contribution < 1.29 is 9.21 Å². The molecule has 0 aromatic carbocycles. The van der Waals surface area contributed by atoms with E-state index in [2.05, 4.69) is 33.0 Å². The quantitative estimate of drug-likeness (QED) is 0.833. The van der Waals surface area contributed by atoms with E-state index in [0.717, 1.165) is 38.5 Å². The van der Waals surface area contributed by atoms with Gasteiger partial charge < -0.3 is 9.32 Å². The molecular weight excluding hydrogens is 352 g/mol. The summed E-state index contributed by atoms with van der Waals surface area (Å²) < 4.78 is 6.58. The molecule has 1 aliphatic rings. The number of hydrogen-bond donors (Lipinski definition) is 0. The van der Waals surface area contributed by atoms with Gasteiger partial charge >= 0.3 is 0 Å². The number of hydrogen-bond acceptors (Lipinski definition) is 4. The first-order valence-electron chi connectivity index (χ1n) is 6.94. The molecule has 0 spiro atoms. The SMILES string of the molecule is Cc1ccc(C(=O)N2CCN(Cc3ccc(Br)s3)CC2)o1. The van der Waals surface area contributed by atoms with Gasteiger partial charge in [-0.1, -0.05) is 0 Å². The Labute approximate surface area is 136 Å². The van der Waals surface area contributed by atoms with E-state index in [1.54, 1.807) is 17.4 Å². The summed E-state index contributed by atoms with van der Waals surface area (Å²) in [5.74, 6) is 1.23. The Bertz CT molecular complexity index is 629. The average Bonchev–Trinajstić information content (AvgIpc) is 3.08. The van der Waals surface area contributed by atoms with Crippen LogP contribution in [0.15, 0.2) is 32.5 Å². The van der Waals surface area contributed by atoms with Crippen LogP contribution in [0.5, 0.6) is 0 Å². The number of nitrogens with zero attached hydrogens (tertiary/aromatic N) is 2. The van der Waals surface area contributed by atoms with Crippen LogP contribution in [0.25, 0.3) is 0 Å². The number of amides is 1. The first kappa shape index (κ1) is 14.8. The molecule has 1 amide bonds. The largest absolute Gasteiger partial charge is 0.456 e. The van der Waals surface area contributed by atoms with Crippen molar-refractivity contribution in [3.63, 3.8) is 0 Å². The van der Waals surface area contributed by atoms with Crippen LogP contribution in [-0.2, 0) is 6.54 Å². The Hall–Kier alpha value is -1.11. The Kier molecular flexibility index (Phi) is 4.47. The number of rotatable bonds is 3. The van der Waals surface area contributed by atoms with Crippen LogP contribution in [0.2, 0.25) is 0 Å². The molecule has 112 valence electrons. The fourth-order valence-corrected chi connectivity index (χ4v) is 4.00. The molecule has 1 aliphatic heterocycles. The van der Waals surface area contributed by atoms with E-state index >= 15 is 0 Å². The lowest BCUT2D eigenvalue weighted by atomic mass is 10.2. The van der Waals surface area contributed by atoms with Crippen molar-refractivity contribution in [3.8, 4) is 0 Å². The van der Waals surface area contributed by atoms with Crippen LogP contribution in [0.4, 0.5) is 0 Å². The second kappa shape index (κ2) is 6.34. The molecule has 1 saturated heterocycles. The van der Waals surface area contributed by atoms with Crippen molar-refractivity contribution in [2.45, 2.75) is 13.5 Å². The number of furan rings is 1. The van der Waals surface area contributed by atoms with Crippen LogP contribution >= 0.6 is 27.3 Å².